The van der Waals surface area contributed by atoms with Crippen LogP contribution in [-0.4, -0.2) is 0 Å². The zero-order valence-corrected chi connectivity index (χ0v) is 11.0. The van der Waals surface area contributed by atoms with Gasteiger partial charge in [0.15, 0.2) is 0 Å². The fourth-order valence-electron chi connectivity index (χ4n) is 2.64. The molecule has 1 aliphatic rings. The first-order chi connectivity index (χ1) is 8.39. The van der Waals surface area contributed by atoms with E-state index in [4.69, 9.17) is 5.73 Å². The fraction of sp³-hybridized carbons (Fsp3) is 0.538. The Morgan fingerprint density at radius 2 is 1.74 bits per heavy atom. The van der Waals surface area contributed by atoms with Crippen molar-refractivity contribution in [3.05, 3.63) is 35.1 Å². The molecular formula is C13H16ClF4N. The third-order valence-corrected chi connectivity index (χ3v) is 3.59. The van der Waals surface area contributed by atoms with Crippen molar-refractivity contribution in [2.45, 2.75) is 37.9 Å². The van der Waals surface area contributed by atoms with Crippen LogP contribution in [0.3, 0.4) is 0 Å². The number of hydrogen-bond acceptors (Lipinski definition) is 1. The van der Waals surface area contributed by atoms with E-state index in [-0.39, 0.29) is 23.9 Å². The lowest BCUT2D eigenvalue weighted by molar-refractivity contribution is -0.138. The summed E-state index contributed by atoms with van der Waals surface area (Å²) >= 11 is 0. The summed E-state index contributed by atoms with van der Waals surface area (Å²) < 4.78 is 51.5. The molecule has 0 amide bonds. The maximum absolute atomic E-state index is 13.0. The maximum Gasteiger partial charge on any atom is 0.416 e. The van der Waals surface area contributed by atoms with E-state index in [0.29, 0.717) is 6.07 Å². The number of benzene rings is 1. The van der Waals surface area contributed by atoms with Crippen molar-refractivity contribution < 1.29 is 17.6 Å². The van der Waals surface area contributed by atoms with Crippen molar-refractivity contribution in [2.24, 2.45) is 11.7 Å². The molecule has 0 heterocycles. The Balaban J connectivity index is 0.00000180. The summed E-state index contributed by atoms with van der Waals surface area (Å²) in [6.45, 7) is 0. The Kier molecular flexibility index (Phi) is 5.21. The molecule has 1 aromatic rings. The largest absolute Gasteiger partial charge is 0.416 e. The first kappa shape index (κ1) is 16.2. The molecule has 1 nitrogen and oxygen atoms in total. The molecule has 1 fully saturated rings. The highest BCUT2D eigenvalue weighted by Crippen LogP contribution is 2.40. The average molecular weight is 298 g/mol. The van der Waals surface area contributed by atoms with Crippen molar-refractivity contribution in [1.82, 2.24) is 0 Å². The normalized spacial score (nSPS) is 18.2. The highest BCUT2D eigenvalue weighted by Gasteiger charge is 2.37. The molecule has 1 saturated carbocycles. The van der Waals surface area contributed by atoms with Gasteiger partial charge in [-0.3, -0.25) is 0 Å². The Bertz CT molecular complexity index is 427. The molecule has 1 aromatic carbocycles. The van der Waals surface area contributed by atoms with E-state index in [1.165, 1.54) is 6.07 Å². The number of nitrogens with two attached hydrogens (primary N) is 1. The lowest BCUT2D eigenvalue weighted by Gasteiger charge is -2.23. The molecule has 108 valence electrons. The SMILES string of the molecule is Cl.N[C@H](c1ccc(F)cc1C(F)(F)F)C1CCCC1. The monoisotopic (exact) mass is 297 g/mol. The maximum atomic E-state index is 13.0. The summed E-state index contributed by atoms with van der Waals surface area (Å²) in [5, 5.41) is 0. The van der Waals surface area contributed by atoms with E-state index in [0.717, 1.165) is 31.7 Å². The van der Waals surface area contributed by atoms with Gasteiger partial charge >= 0.3 is 6.18 Å². The molecule has 2 N–H and O–H groups in total. The van der Waals surface area contributed by atoms with Gasteiger partial charge in [-0.2, -0.15) is 13.2 Å². The van der Waals surface area contributed by atoms with Gasteiger partial charge in [0.25, 0.3) is 0 Å². The highest BCUT2D eigenvalue weighted by atomic mass is 35.5. The molecular weight excluding hydrogens is 282 g/mol. The van der Waals surface area contributed by atoms with Crippen LogP contribution in [-0.2, 0) is 6.18 Å². The van der Waals surface area contributed by atoms with E-state index in [2.05, 4.69) is 0 Å². The predicted octanol–water partition coefficient (Wildman–Crippen LogP) is 4.46. The molecule has 2 rings (SSSR count). The van der Waals surface area contributed by atoms with Gasteiger partial charge in [0.05, 0.1) is 5.56 Å². The van der Waals surface area contributed by atoms with E-state index in [1.54, 1.807) is 0 Å². The molecule has 0 aromatic heterocycles. The number of rotatable bonds is 2. The van der Waals surface area contributed by atoms with Crippen molar-refractivity contribution in [3.8, 4) is 0 Å². The number of halogens is 5. The van der Waals surface area contributed by atoms with Gasteiger partial charge < -0.3 is 5.73 Å². The van der Waals surface area contributed by atoms with Gasteiger partial charge in [-0.05, 0) is 36.5 Å². The summed E-state index contributed by atoms with van der Waals surface area (Å²) in [6.07, 6.45) is -0.874. The molecule has 1 aliphatic carbocycles. The summed E-state index contributed by atoms with van der Waals surface area (Å²) in [5.74, 6) is -0.818. The van der Waals surface area contributed by atoms with Crippen LogP contribution in [0.15, 0.2) is 18.2 Å². The smallest absolute Gasteiger partial charge is 0.324 e. The van der Waals surface area contributed by atoms with Gasteiger partial charge in [-0.25, -0.2) is 4.39 Å². The number of alkyl halides is 3. The van der Waals surface area contributed by atoms with Crippen molar-refractivity contribution in [2.75, 3.05) is 0 Å². The van der Waals surface area contributed by atoms with Crippen LogP contribution in [0, 0.1) is 11.7 Å². The minimum atomic E-state index is -4.56. The molecule has 0 spiro atoms. The van der Waals surface area contributed by atoms with E-state index in [9.17, 15) is 17.6 Å². The molecule has 6 heteroatoms. The van der Waals surface area contributed by atoms with Crippen LogP contribution in [0.2, 0.25) is 0 Å². The minimum absolute atomic E-state index is 0. The second-order valence-electron chi connectivity index (χ2n) is 4.80. The van der Waals surface area contributed by atoms with Crippen LogP contribution < -0.4 is 5.73 Å². The summed E-state index contributed by atoms with van der Waals surface area (Å²) in [4.78, 5) is 0. The van der Waals surface area contributed by atoms with Crippen LogP contribution in [0.4, 0.5) is 17.6 Å². The van der Waals surface area contributed by atoms with E-state index >= 15 is 0 Å². The first-order valence-corrected chi connectivity index (χ1v) is 6.02. The van der Waals surface area contributed by atoms with E-state index in [1.807, 2.05) is 0 Å². The molecule has 0 aliphatic heterocycles. The highest BCUT2D eigenvalue weighted by molar-refractivity contribution is 5.85. The lowest BCUT2D eigenvalue weighted by Crippen LogP contribution is -2.23. The molecule has 0 saturated heterocycles. The molecule has 0 bridgehead atoms. The number of hydrogen-bond donors (Lipinski definition) is 1. The van der Waals surface area contributed by atoms with Crippen LogP contribution in [0.1, 0.15) is 42.9 Å². The first-order valence-electron chi connectivity index (χ1n) is 6.02. The summed E-state index contributed by atoms with van der Waals surface area (Å²) in [6, 6.07) is 2.08. The van der Waals surface area contributed by atoms with Gasteiger partial charge in [0.2, 0.25) is 0 Å². The van der Waals surface area contributed by atoms with Gasteiger partial charge in [-0.1, -0.05) is 18.9 Å². The van der Waals surface area contributed by atoms with Crippen LogP contribution >= 0.6 is 12.4 Å². The standard InChI is InChI=1S/C13H15F4N.ClH/c14-9-5-6-10(11(7-9)13(15,16)17)12(18)8-3-1-2-4-8;/h5-8,12H,1-4,18H2;1H/t12-;/m0./s1. The van der Waals surface area contributed by atoms with Crippen LogP contribution in [0.25, 0.3) is 0 Å². The van der Waals surface area contributed by atoms with Gasteiger partial charge in [0.1, 0.15) is 5.82 Å². The Hall–Kier alpha value is -0.810. The zero-order chi connectivity index (χ0) is 13.3. The summed E-state index contributed by atoms with van der Waals surface area (Å²) in [5.41, 5.74) is 4.99. The van der Waals surface area contributed by atoms with Crippen molar-refractivity contribution in [1.29, 1.82) is 0 Å². The molecule has 0 unspecified atom stereocenters. The quantitative estimate of drug-likeness (QED) is 0.802. The Morgan fingerprint density at radius 3 is 2.26 bits per heavy atom. The third-order valence-electron chi connectivity index (χ3n) is 3.59. The van der Waals surface area contributed by atoms with Crippen molar-refractivity contribution in [3.63, 3.8) is 0 Å². The topological polar surface area (TPSA) is 26.0 Å². The van der Waals surface area contributed by atoms with Gasteiger partial charge in [0, 0.05) is 6.04 Å². The fourth-order valence-corrected chi connectivity index (χ4v) is 2.64. The molecule has 0 radical (unpaired) electrons. The zero-order valence-electron chi connectivity index (χ0n) is 10.2. The average Bonchev–Trinajstić information content (AvgIpc) is 2.80. The summed E-state index contributed by atoms with van der Waals surface area (Å²) in [7, 11) is 0. The second kappa shape index (κ2) is 6.09. The van der Waals surface area contributed by atoms with Gasteiger partial charge in [-0.15, -0.1) is 12.4 Å². The van der Waals surface area contributed by atoms with Crippen LogP contribution in [0.5, 0.6) is 0 Å². The molecule has 19 heavy (non-hydrogen) atoms. The Morgan fingerprint density at radius 1 is 1.16 bits per heavy atom. The minimum Gasteiger partial charge on any atom is -0.324 e. The molecule has 1 atom stereocenters. The second-order valence-corrected chi connectivity index (χ2v) is 4.80. The Labute approximate surface area is 115 Å². The third kappa shape index (κ3) is 3.60. The predicted molar refractivity (Wildman–Crippen MR) is 67.5 cm³/mol. The van der Waals surface area contributed by atoms with E-state index < -0.39 is 23.6 Å². The lowest BCUT2D eigenvalue weighted by atomic mass is 9.89. The van der Waals surface area contributed by atoms with Crippen molar-refractivity contribution >= 4 is 12.4 Å².